The van der Waals surface area contributed by atoms with Gasteiger partial charge in [0.1, 0.15) is 11.5 Å². The molecule has 0 aliphatic heterocycles. The van der Waals surface area contributed by atoms with Crippen molar-refractivity contribution in [2.45, 2.75) is 64.0 Å². The highest BCUT2D eigenvalue weighted by Crippen LogP contribution is 2.38. The second-order valence-electron chi connectivity index (χ2n) is 8.55. The number of alkyl halides is 5. The summed E-state index contributed by atoms with van der Waals surface area (Å²) in [5.74, 6) is -5.37. The van der Waals surface area contributed by atoms with Crippen LogP contribution in [0.2, 0.25) is 0 Å². The summed E-state index contributed by atoms with van der Waals surface area (Å²) >= 11 is 0. The van der Waals surface area contributed by atoms with E-state index in [1.807, 2.05) is 0 Å². The van der Waals surface area contributed by atoms with Gasteiger partial charge >= 0.3 is 24.0 Å². The van der Waals surface area contributed by atoms with Crippen molar-refractivity contribution < 1.29 is 45.8 Å². The SMILES string of the molecule is CCCCCCCOC(=O)C=Cc1ccc(OC(=O)c2ccc(OCCCC(F)(F)C(F)(F)F)cc2)cc1. The molecule has 0 spiro atoms. The van der Waals surface area contributed by atoms with Crippen molar-refractivity contribution in [3.8, 4) is 11.5 Å². The van der Waals surface area contributed by atoms with Gasteiger partial charge in [-0.05, 0) is 60.9 Å². The van der Waals surface area contributed by atoms with Crippen molar-refractivity contribution in [2.24, 2.45) is 0 Å². The lowest BCUT2D eigenvalue weighted by Crippen LogP contribution is -2.36. The predicted octanol–water partition coefficient (Wildman–Crippen LogP) is 7.79. The van der Waals surface area contributed by atoms with E-state index in [1.165, 1.54) is 36.8 Å². The standard InChI is InChI=1S/C28H31F5O5/c1-2-3-4-5-6-19-37-25(34)17-10-21-8-13-24(14-9-21)38-26(35)22-11-15-23(16-12-22)36-20-7-18-27(29,30)28(31,32)33/h8-17H,2-7,18-20H2,1H3. The molecule has 2 rings (SSSR count). The van der Waals surface area contributed by atoms with Crippen molar-refractivity contribution >= 4 is 18.0 Å². The molecule has 0 bridgehead atoms. The largest absolute Gasteiger partial charge is 0.494 e. The monoisotopic (exact) mass is 542 g/mol. The van der Waals surface area contributed by atoms with Gasteiger partial charge in [-0.25, -0.2) is 9.59 Å². The van der Waals surface area contributed by atoms with E-state index in [2.05, 4.69) is 6.92 Å². The fourth-order valence-electron chi connectivity index (χ4n) is 3.22. The molecule has 2 aromatic rings. The zero-order valence-electron chi connectivity index (χ0n) is 21.1. The number of hydrogen-bond acceptors (Lipinski definition) is 5. The van der Waals surface area contributed by atoms with Gasteiger partial charge in [0.15, 0.2) is 0 Å². The van der Waals surface area contributed by atoms with Crippen LogP contribution in [0.15, 0.2) is 54.6 Å². The van der Waals surface area contributed by atoms with Gasteiger partial charge in [0.05, 0.1) is 18.8 Å². The molecule has 0 amide bonds. The third-order valence-electron chi connectivity index (χ3n) is 5.40. The molecule has 0 unspecified atom stereocenters. The minimum absolute atomic E-state index is 0.183. The van der Waals surface area contributed by atoms with Crippen LogP contribution in [-0.2, 0) is 9.53 Å². The first-order chi connectivity index (χ1) is 18.0. The van der Waals surface area contributed by atoms with Gasteiger partial charge in [0.2, 0.25) is 0 Å². The molecule has 5 nitrogen and oxygen atoms in total. The Morgan fingerprint density at radius 1 is 0.789 bits per heavy atom. The van der Waals surface area contributed by atoms with Gasteiger partial charge in [-0.15, -0.1) is 0 Å². The molecule has 0 aromatic heterocycles. The number of hydrogen-bond donors (Lipinski definition) is 0. The van der Waals surface area contributed by atoms with Crippen LogP contribution < -0.4 is 9.47 Å². The summed E-state index contributed by atoms with van der Waals surface area (Å²) in [6.45, 7) is 2.18. The lowest BCUT2D eigenvalue weighted by atomic mass is 10.2. The van der Waals surface area contributed by atoms with Crippen LogP contribution in [0.4, 0.5) is 22.0 Å². The van der Waals surface area contributed by atoms with Gasteiger partial charge in [-0.1, -0.05) is 44.7 Å². The van der Waals surface area contributed by atoms with Crippen LogP contribution in [0, 0.1) is 0 Å². The van der Waals surface area contributed by atoms with E-state index in [9.17, 15) is 31.5 Å². The van der Waals surface area contributed by atoms with E-state index in [1.54, 1.807) is 30.3 Å². The van der Waals surface area contributed by atoms with Crippen LogP contribution in [0.25, 0.3) is 6.08 Å². The van der Waals surface area contributed by atoms with Crippen molar-refractivity contribution in [3.05, 3.63) is 65.7 Å². The Labute approximate surface area is 218 Å². The zero-order valence-corrected chi connectivity index (χ0v) is 21.1. The van der Waals surface area contributed by atoms with E-state index in [-0.39, 0.29) is 23.7 Å². The van der Waals surface area contributed by atoms with Gasteiger partial charge in [0.25, 0.3) is 0 Å². The lowest BCUT2D eigenvalue weighted by molar-refractivity contribution is -0.284. The second kappa shape index (κ2) is 15.1. The highest BCUT2D eigenvalue weighted by molar-refractivity contribution is 5.91. The van der Waals surface area contributed by atoms with Gasteiger partial charge < -0.3 is 14.2 Å². The number of esters is 2. The van der Waals surface area contributed by atoms with Gasteiger partial charge in [-0.3, -0.25) is 0 Å². The molecule has 0 saturated carbocycles. The fourth-order valence-corrected chi connectivity index (χ4v) is 3.22. The smallest absolute Gasteiger partial charge is 0.453 e. The Morgan fingerprint density at radius 3 is 2.05 bits per heavy atom. The average Bonchev–Trinajstić information content (AvgIpc) is 2.88. The molecular formula is C28H31F5O5. The number of halogens is 5. The second-order valence-corrected chi connectivity index (χ2v) is 8.55. The first-order valence-electron chi connectivity index (χ1n) is 12.4. The average molecular weight is 543 g/mol. The minimum atomic E-state index is -5.59. The third kappa shape index (κ3) is 10.9. The Morgan fingerprint density at radius 2 is 1.42 bits per heavy atom. The van der Waals surface area contributed by atoms with E-state index in [4.69, 9.17) is 14.2 Å². The molecule has 0 aliphatic rings. The molecule has 0 N–H and O–H groups in total. The molecule has 0 saturated heterocycles. The Kier molecular flexibility index (Phi) is 12.2. The summed E-state index contributed by atoms with van der Waals surface area (Å²) in [6, 6.07) is 12.0. The summed E-state index contributed by atoms with van der Waals surface area (Å²) in [4.78, 5) is 24.1. The summed E-state index contributed by atoms with van der Waals surface area (Å²) in [7, 11) is 0. The Bertz CT molecular complexity index is 1030. The van der Waals surface area contributed by atoms with Crippen molar-refractivity contribution in [2.75, 3.05) is 13.2 Å². The van der Waals surface area contributed by atoms with E-state index >= 15 is 0 Å². The summed E-state index contributed by atoms with van der Waals surface area (Å²) in [5, 5.41) is 0. The number of ether oxygens (including phenoxy) is 3. The third-order valence-corrected chi connectivity index (χ3v) is 5.40. The predicted molar refractivity (Wildman–Crippen MR) is 132 cm³/mol. The van der Waals surface area contributed by atoms with Crippen molar-refractivity contribution in [3.63, 3.8) is 0 Å². The molecule has 0 atom stereocenters. The van der Waals surface area contributed by atoms with Crippen molar-refractivity contribution in [1.29, 1.82) is 0 Å². The fraction of sp³-hybridized carbons (Fsp3) is 0.429. The van der Waals surface area contributed by atoms with E-state index < -0.39 is 36.9 Å². The highest BCUT2D eigenvalue weighted by Gasteiger charge is 2.56. The Balaban J connectivity index is 1.75. The molecule has 2 aromatic carbocycles. The topological polar surface area (TPSA) is 61.8 Å². The number of benzene rings is 2. The van der Waals surface area contributed by atoms with Crippen LogP contribution in [-0.4, -0.2) is 37.3 Å². The van der Waals surface area contributed by atoms with E-state index in [0.717, 1.165) is 25.7 Å². The molecule has 208 valence electrons. The highest BCUT2D eigenvalue weighted by atomic mass is 19.4. The first-order valence-corrected chi connectivity index (χ1v) is 12.4. The molecule has 0 heterocycles. The summed E-state index contributed by atoms with van der Waals surface area (Å²) in [5.41, 5.74) is 0.890. The van der Waals surface area contributed by atoms with Crippen LogP contribution in [0.3, 0.4) is 0 Å². The minimum Gasteiger partial charge on any atom is -0.494 e. The number of carbonyl (C=O) groups is 2. The summed E-state index contributed by atoms with van der Waals surface area (Å²) < 4.78 is 77.9. The van der Waals surface area contributed by atoms with Crippen LogP contribution in [0.1, 0.15) is 67.8 Å². The van der Waals surface area contributed by atoms with Crippen molar-refractivity contribution in [1.82, 2.24) is 0 Å². The normalized spacial score (nSPS) is 11.9. The number of carbonyl (C=O) groups excluding carboxylic acids is 2. The quantitative estimate of drug-likeness (QED) is 0.0756. The maximum Gasteiger partial charge on any atom is 0.453 e. The van der Waals surface area contributed by atoms with Crippen LogP contribution in [0.5, 0.6) is 11.5 Å². The number of rotatable bonds is 15. The molecule has 0 fully saturated rings. The van der Waals surface area contributed by atoms with Crippen LogP contribution >= 0.6 is 0 Å². The maximum absolute atomic E-state index is 12.9. The van der Waals surface area contributed by atoms with Gasteiger partial charge in [0, 0.05) is 12.5 Å². The number of unbranched alkanes of at least 4 members (excludes halogenated alkanes) is 4. The molecule has 0 radical (unpaired) electrons. The molecule has 10 heteroatoms. The molecule has 0 aliphatic carbocycles. The van der Waals surface area contributed by atoms with E-state index in [0.29, 0.717) is 12.2 Å². The molecule has 38 heavy (non-hydrogen) atoms. The summed E-state index contributed by atoms with van der Waals surface area (Å²) in [6.07, 6.45) is 0.777. The lowest BCUT2D eigenvalue weighted by Gasteiger charge is -2.19. The Hall–Kier alpha value is -3.43. The maximum atomic E-state index is 12.9. The molecular weight excluding hydrogens is 511 g/mol. The zero-order chi connectivity index (χ0) is 28.0. The first kappa shape index (κ1) is 30.8. The van der Waals surface area contributed by atoms with Gasteiger partial charge in [-0.2, -0.15) is 22.0 Å².